The van der Waals surface area contributed by atoms with Gasteiger partial charge in [0.15, 0.2) is 0 Å². The Labute approximate surface area is 143 Å². The normalized spacial score (nSPS) is 11.0. The molecule has 0 fully saturated rings. The largest absolute Gasteiger partial charge is 0.497 e. The van der Waals surface area contributed by atoms with Crippen LogP contribution >= 0.6 is 0 Å². The number of aryl methyl sites for hydroxylation is 1. The van der Waals surface area contributed by atoms with Crippen LogP contribution in [-0.4, -0.2) is 18.8 Å². The maximum Gasteiger partial charge on any atom is 0.120 e. The summed E-state index contributed by atoms with van der Waals surface area (Å²) in [4.78, 5) is 0. The van der Waals surface area contributed by atoms with Crippen molar-refractivity contribution in [3.8, 4) is 22.8 Å². The van der Waals surface area contributed by atoms with Crippen LogP contribution < -0.4 is 9.47 Å². The van der Waals surface area contributed by atoms with Gasteiger partial charge in [-0.3, -0.25) is 0 Å². The van der Waals surface area contributed by atoms with Crippen LogP contribution in [0, 0.1) is 0 Å². The standard InChI is InChI=1S/C21H25NO2/c1-4-5-6-13-22-20(16-7-10-18(23-2)11-8-16)14-17-9-12-19(24-3)15-21(17)22/h7-12,14-15H,4-6,13H2,1-3H3. The number of methoxy groups -OCH3 is 2. The Morgan fingerprint density at radius 1 is 0.833 bits per heavy atom. The average molecular weight is 323 g/mol. The van der Waals surface area contributed by atoms with Crippen LogP contribution in [0.25, 0.3) is 22.2 Å². The van der Waals surface area contributed by atoms with Crippen molar-refractivity contribution in [1.29, 1.82) is 0 Å². The Morgan fingerprint density at radius 3 is 2.21 bits per heavy atom. The number of hydrogen-bond acceptors (Lipinski definition) is 2. The summed E-state index contributed by atoms with van der Waals surface area (Å²) in [6.45, 7) is 3.26. The summed E-state index contributed by atoms with van der Waals surface area (Å²) in [6.07, 6.45) is 3.65. The molecule has 3 rings (SSSR count). The van der Waals surface area contributed by atoms with Crippen molar-refractivity contribution in [3.63, 3.8) is 0 Å². The Kier molecular flexibility index (Phi) is 5.09. The van der Waals surface area contributed by atoms with Gasteiger partial charge in [0.1, 0.15) is 11.5 Å². The van der Waals surface area contributed by atoms with Crippen LogP contribution in [0.1, 0.15) is 26.2 Å². The number of rotatable bonds is 7. The monoisotopic (exact) mass is 323 g/mol. The Hall–Kier alpha value is -2.42. The lowest BCUT2D eigenvalue weighted by Gasteiger charge is -2.12. The van der Waals surface area contributed by atoms with E-state index in [0.717, 1.165) is 18.0 Å². The molecule has 1 aromatic heterocycles. The summed E-state index contributed by atoms with van der Waals surface area (Å²) >= 11 is 0. The van der Waals surface area contributed by atoms with E-state index in [-0.39, 0.29) is 0 Å². The Bertz CT molecular complexity index is 803. The van der Waals surface area contributed by atoms with Gasteiger partial charge in [-0.25, -0.2) is 0 Å². The van der Waals surface area contributed by atoms with E-state index >= 15 is 0 Å². The van der Waals surface area contributed by atoms with Gasteiger partial charge in [0.2, 0.25) is 0 Å². The smallest absolute Gasteiger partial charge is 0.120 e. The molecule has 3 nitrogen and oxygen atoms in total. The zero-order chi connectivity index (χ0) is 16.9. The van der Waals surface area contributed by atoms with Crippen LogP contribution in [0.4, 0.5) is 0 Å². The van der Waals surface area contributed by atoms with Crippen molar-refractivity contribution in [1.82, 2.24) is 4.57 Å². The predicted octanol–water partition coefficient (Wildman–Crippen LogP) is 5.52. The van der Waals surface area contributed by atoms with Gasteiger partial charge in [-0.1, -0.05) is 19.8 Å². The highest BCUT2D eigenvalue weighted by molar-refractivity contribution is 5.88. The van der Waals surface area contributed by atoms with Crippen molar-refractivity contribution in [2.75, 3.05) is 14.2 Å². The second kappa shape index (κ2) is 7.43. The molecular weight excluding hydrogens is 298 g/mol. The van der Waals surface area contributed by atoms with Gasteiger partial charge in [-0.2, -0.15) is 0 Å². The third-order valence-corrected chi connectivity index (χ3v) is 4.48. The van der Waals surface area contributed by atoms with E-state index in [1.807, 2.05) is 18.2 Å². The molecule has 0 atom stereocenters. The van der Waals surface area contributed by atoms with Crippen molar-refractivity contribution in [3.05, 3.63) is 48.5 Å². The summed E-state index contributed by atoms with van der Waals surface area (Å²) in [5.41, 5.74) is 3.69. The minimum Gasteiger partial charge on any atom is -0.497 e. The molecule has 0 aliphatic rings. The van der Waals surface area contributed by atoms with Gasteiger partial charge >= 0.3 is 0 Å². The number of fused-ring (bicyclic) bond motifs is 1. The number of aromatic nitrogens is 1. The van der Waals surface area contributed by atoms with Crippen molar-refractivity contribution in [2.45, 2.75) is 32.7 Å². The SMILES string of the molecule is CCCCCn1c(-c2ccc(OC)cc2)cc2ccc(OC)cc21. The topological polar surface area (TPSA) is 23.4 Å². The predicted molar refractivity (Wildman–Crippen MR) is 100 cm³/mol. The zero-order valence-corrected chi connectivity index (χ0v) is 14.7. The summed E-state index contributed by atoms with van der Waals surface area (Å²) < 4.78 is 13.1. The molecule has 3 heteroatoms. The van der Waals surface area contributed by atoms with Gasteiger partial charge in [0, 0.05) is 23.7 Å². The fourth-order valence-electron chi connectivity index (χ4n) is 3.12. The first-order chi connectivity index (χ1) is 11.8. The third-order valence-electron chi connectivity index (χ3n) is 4.48. The molecule has 0 N–H and O–H groups in total. The summed E-state index contributed by atoms with van der Waals surface area (Å²) in [5, 5.41) is 1.25. The number of nitrogens with zero attached hydrogens (tertiary/aromatic N) is 1. The van der Waals surface area contributed by atoms with E-state index in [1.165, 1.54) is 41.4 Å². The fraction of sp³-hybridized carbons (Fsp3) is 0.333. The van der Waals surface area contributed by atoms with Crippen LogP contribution in [-0.2, 0) is 6.54 Å². The molecule has 126 valence electrons. The van der Waals surface area contributed by atoms with E-state index in [1.54, 1.807) is 14.2 Å². The van der Waals surface area contributed by atoms with Crippen molar-refractivity contribution >= 4 is 10.9 Å². The summed E-state index contributed by atoms with van der Waals surface area (Å²) in [7, 11) is 3.42. The molecule has 3 aromatic rings. The molecule has 1 heterocycles. The first-order valence-corrected chi connectivity index (χ1v) is 8.58. The van der Waals surface area contributed by atoms with Crippen LogP contribution in [0.15, 0.2) is 48.5 Å². The third kappa shape index (κ3) is 3.25. The quantitative estimate of drug-likeness (QED) is 0.535. The van der Waals surface area contributed by atoms with Crippen LogP contribution in [0.2, 0.25) is 0 Å². The Morgan fingerprint density at radius 2 is 1.54 bits per heavy atom. The lowest BCUT2D eigenvalue weighted by Crippen LogP contribution is -2.00. The molecule has 0 aliphatic carbocycles. The minimum atomic E-state index is 0.883. The minimum absolute atomic E-state index is 0.883. The highest BCUT2D eigenvalue weighted by Gasteiger charge is 2.11. The van der Waals surface area contributed by atoms with Crippen LogP contribution in [0.3, 0.4) is 0 Å². The second-order valence-electron chi connectivity index (χ2n) is 6.04. The highest BCUT2D eigenvalue weighted by Crippen LogP contribution is 2.32. The molecule has 2 aromatic carbocycles. The van der Waals surface area contributed by atoms with E-state index in [9.17, 15) is 0 Å². The number of unbranched alkanes of at least 4 members (excludes halogenated alkanes) is 2. The van der Waals surface area contributed by atoms with Gasteiger partial charge < -0.3 is 14.0 Å². The van der Waals surface area contributed by atoms with Crippen molar-refractivity contribution < 1.29 is 9.47 Å². The molecule has 0 unspecified atom stereocenters. The van der Waals surface area contributed by atoms with E-state index in [4.69, 9.17) is 9.47 Å². The molecule has 0 amide bonds. The maximum absolute atomic E-state index is 5.42. The number of benzene rings is 2. The lowest BCUT2D eigenvalue weighted by atomic mass is 10.1. The zero-order valence-electron chi connectivity index (χ0n) is 14.7. The van der Waals surface area contributed by atoms with E-state index < -0.39 is 0 Å². The van der Waals surface area contributed by atoms with Crippen LogP contribution in [0.5, 0.6) is 11.5 Å². The van der Waals surface area contributed by atoms with Crippen molar-refractivity contribution in [2.24, 2.45) is 0 Å². The summed E-state index contributed by atoms with van der Waals surface area (Å²) in [5.74, 6) is 1.78. The first kappa shape index (κ1) is 16.4. The molecule has 0 spiro atoms. The van der Waals surface area contributed by atoms with E-state index in [0.29, 0.717) is 0 Å². The average Bonchev–Trinajstić information content (AvgIpc) is 3.00. The fourth-order valence-corrected chi connectivity index (χ4v) is 3.12. The summed E-state index contributed by atoms with van der Waals surface area (Å²) in [6, 6.07) is 16.8. The molecule has 0 radical (unpaired) electrons. The first-order valence-electron chi connectivity index (χ1n) is 8.58. The van der Waals surface area contributed by atoms with Gasteiger partial charge in [-0.15, -0.1) is 0 Å². The molecule has 0 saturated heterocycles. The highest BCUT2D eigenvalue weighted by atomic mass is 16.5. The number of ether oxygens (including phenoxy) is 2. The van der Waals surface area contributed by atoms with E-state index in [2.05, 4.69) is 41.8 Å². The second-order valence-corrected chi connectivity index (χ2v) is 6.04. The van der Waals surface area contributed by atoms with Gasteiger partial charge in [0.05, 0.1) is 19.7 Å². The molecular formula is C21H25NO2. The maximum atomic E-state index is 5.42. The number of hydrogen-bond donors (Lipinski definition) is 0. The molecule has 0 saturated carbocycles. The molecule has 24 heavy (non-hydrogen) atoms. The van der Waals surface area contributed by atoms with Gasteiger partial charge in [-0.05, 0) is 54.4 Å². The molecule has 0 aliphatic heterocycles. The Balaban J connectivity index is 2.08. The van der Waals surface area contributed by atoms with Gasteiger partial charge in [0.25, 0.3) is 0 Å². The lowest BCUT2D eigenvalue weighted by molar-refractivity contribution is 0.415. The molecule has 0 bridgehead atoms.